The van der Waals surface area contributed by atoms with Gasteiger partial charge in [-0.1, -0.05) is 44.2 Å². The average Bonchev–Trinajstić information content (AvgIpc) is 2.82. The molecule has 0 radical (unpaired) electrons. The predicted molar refractivity (Wildman–Crippen MR) is 133 cm³/mol. The molecule has 0 bridgehead atoms. The molecule has 0 unspecified atom stereocenters. The van der Waals surface area contributed by atoms with Gasteiger partial charge in [-0.05, 0) is 48.1 Å². The lowest BCUT2D eigenvalue weighted by atomic mass is 9.84. The molecule has 0 saturated heterocycles. The summed E-state index contributed by atoms with van der Waals surface area (Å²) in [6.07, 6.45) is 8.81. The van der Waals surface area contributed by atoms with Gasteiger partial charge in [0.15, 0.2) is 0 Å². The molecule has 4 rings (SSSR count). The number of rotatable bonds is 9. The van der Waals surface area contributed by atoms with Gasteiger partial charge in [-0.15, -0.1) is 0 Å². The lowest BCUT2D eigenvalue weighted by Gasteiger charge is -2.31. The van der Waals surface area contributed by atoms with Crippen LogP contribution in [-0.4, -0.2) is 31.1 Å². The summed E-state index contributed by atoms with van der Waals surface area (Å²) < 4.78 is 33.3. The number of ether oxygens (including phenoxy) is 1. The molecule has 5 nitrogen and oxygen atoms in total. The van der Waals surface area contributed by atoms with Crippen LogP contribution in [0.3, 0.4) is 0 Å². The molecule has 1 saturated carbocycles. The monoisotopic (exact) mass is 485 g/mol. The number of amides is 1. The van der Waals surface area contributed by atoms with E-state index in [0.717, 1.165) is 36.1 Å². The normalized spacial score (nSPS) is 19.9. The first kappa shape index (κ1) is 25.6. The third kappa shape index (κ3) is 7.24. The largest absolute Gasteiger partial charge is 0.493 e. The number of hydrogen-bond donors (Lipinski definition) is 3. The molecule has 1 fully saturated rings. The minimum atomic E-state index is -0.642. The molecule has 0 aromatic heterocycles. The van der Waals surface area contributed by atoms with E-state index in [1.807, 2.05) is 0 Å². The molecular formula is C28H37F2N3O2. The molecule has 4 N–H and O–H groups in total. The third-order valence-corrected chi connectivity index (χ3v) is 7.25. The summed E-state index contributed by atoms with van der Waals surface area (Å²) in [5.74, 6) is 0.152. The van der Waals surface area contributed by atoms with Gasteiger partial charge in [-0.3, -0.25) is 4.79 Å². The number of carbonyl (C=O) groups excluding carboxylic acids is 1. The van der Waals surface area contributed by atoms with E-state index >= 15 is 0 Å². The van der Waals surface area contributed by atoms with Crippen molar-refractivity contribution in [2.24, 2.45) is 11.7 Å². The van der Waals surface area contributed by atoms with Crippen molar-refractivity contribution in [2.45, 2.75) is 76.4 Å². The van der Waals surface area contributed by atoms with E-state index in [4.69, 9.17) is 10.5 Å². The first-order valence-corrected chi connectivity index (χ1v) is 12.8. The van der Waals surface area contributed by atoms with Gasteiger partial charge in [-0.2, -0.15) is 0 Å². The van der Waals surface area contributed by atoms with E-state index in [2.05, 4.69) is 28.8 Å². The number of carbonyl (C=O) groups is 1. The Morgan fingerprint density at radius 3 is 2.51 bits per heavy atom. The molecule has 7 heteroatoms. The smallest absolute Gasteiger partial charge is 0.217 e. The van der Waals surface area contributed by atoms with Gasteiger partial charge in [0.05, 0.1) is 6.61 Å². The summed E-state index contributed by atoms with van der Waals surface area (Å²) in [6.45, 7) is 2.49. The maximum absolute atomic E-state index is 13.7. The molecule has 35 heavy (non-hydrogen) atoms. The first-order valence-electron chi connectivity index (χ1n) is 12.8. The van der Waals surface area contributed by atoms with E-state index in [1.165, 1.54) is 56.7 Å². The quantitative estimate of drug-likeness (QED) is 0.486. The van der Waals surface area contributed by atoms with Crippen molar-refractivity contribution in [2.75, 3.05) is 13.2 Å². The number of hydrogen-bond acceptors (Lipinski definition) is 4. The number of fused-ring (bicyclic) bond motifs is 1. The van der Waals surface area contributed by atoms with Gasteiger partial charge < -0.3 is 21.1 Å². The summed E-state index contributed by atoms with van der Waals surface area (Å²) in [5.41, 5.74) is 9.45. The van der Waals surface area contributed by atoms with Gasteiger partial charge in [-0.25, -0.2) is 8.78 Å². The van der Waals surface area contributed by atoms with Crippen molar-refractivity contribution in [3.05, 3.63) is 64.7 Å². The molecule has 1 heterocycles. The highest BCUT2D eigenvalue weighted by Crippen LogP contribution is 2.34. The third-order valence-electron chi connectivity index (χ3n) is 7.25. The van der Waals surface area contributed by atoms with Crippen LogP contribution in [0, 0.1) is 17.6 Å². The van der Waals surface area contributed by atoms with Crippen molar-refractivity contribution in [3.8, 4) is 5.75 Å². The molecule has 0 spiro atoms. The standard InChI is InChI=1S/C28H37F2N3O2/c1-18(34)33-27(15-21-12-22(29)16-23(30)13-21)25(31)17-32-26-9-10-35-28-8-7-20(14-24(26)28)11-19-5-3-2-4-6-19/h7-8,12-14,16,19,25-27,32H,2-6,9-11,15,17,31H2,1H3,(H,33,34)/t25-,26+,27+/m1/s1. The second-order valence-electron chi connectivity index (χ2n) is 10.1. The maximum atomic E-state index is 13.7. The Bertz CT molecular complexity index is 989. The van der Waals surface area contributed by atoms with E-state index in [0.29, 0.717) is 18.7 Å². The number of benzene rings is 2. The molecule has 1 amide bonds. The van der Waals surface area contributed by atoms with Crippen LogP contribution in [-0.2, 0) is 17.6 Å². The van der Waals surface area contributed by atoms with Crippen molar-refractivity contribution in [1.29, 1.82) is 0 Å². The fraction of sp³-hybridized carbons (Fsp3) is 0.536. The summed E-state index contributed by atoms with van der Waals surface area (Å²) in [7, 11) is 0. The van der Waals surface area contributed by atoms with E-state index < -0.39 is 23.7 Å². The van der Waals surface area contributed by atoms with E-state index in [1.54, 1.807) is 0 Å². The first-order chi connectivity index (χ1) is 16.9. The number of halogens is 2. The predicted octanol–water partition coefficient (Wildman–Crippen LogP) is 4.58. The molecule has 190 valence electrons. The average molecular weight is 486 g/mol. The van der Waals surface area contributed by atoms with Crippen LogP contribution in [0.15, 0.2) is 36.4 Å². The Balaban J connectivity index is 1.41. The van der Waals surface area contributed by atoms with Gasteiger partial charge in [0, 0.05) is 49.6 Å². The second-order valence-corrected chi connectivity index (χ2v) is 10.1. The molecule has 1 aliphatic carbocycles. The van der Waals surface area contributed by atoms with Crippen molar-refractivity contribution < 1.29 is 18.3 Å². The van der Waals surface area contributed by atoms with Crippen LogP contribution in [0.1, 0.15) is 68.2 Å². The zero-order valence-electron chi connectivity index (χ0n) is 20.5. The fourth-order valence-electron chi connectivity index (χ4n) is 5.48. The summed E-state index contributed by atoms with van der Waals surface area (Å²) in [5, 5.41) is 6.42. The second kappa shape index (κ2) is 12.0. The van der Waals surface area contributed by atoms with E-state index in [9.17, 15) is 13.6 Å². The maximum Gasteiger partial charge on any atom is 0.217 e. The molecule has 1 aliphatic heterocycles. The minimum Gasteiger partial charge on any atom is -0.493 e. The number of nitrogens with one attached hydrogen (secondary N) is 2. The molecule has 2 aliphatic rings. The summed E-state index contributed by atoms with van der Waals surface area (Å²) in [6, 6.07) is 9.13. The Morgan fingerprint density at radius 1 is 1.06 bits per heavy atom. The summed E-state index contributed by atoms with van der Waals surface area (Å²) in [4.78, 5) is 11.8. The Labute approximate surface area is 206 Å². The van der Waals surface area contributed by atoms with Crippen LogP contribution in [0.4, 0.5) is 8.78 Å². The Morgan fingerprint density at radius 2 is 1.80 bits per heavy atom. The van der Waals surface area contributed by atoms with Gasteiger partial charge >= 0.3 is 0 Å². The lowest BCUT2D eigenvalue weighted by Crippen LogP contribution is -2.53. The molecular weight excluding hydrogens is 448 g/mol. The van der Waals surface area contributed by atoms with Crippen LogP contribution >= 0.6 is 0 Å². The summed E-state index contributed by atoms with van der Waals surface area (Å²) >= 11 is 0. The van der Waals surface area contributed by atoms with Crippen molar-refractivity contribution in [1.82, 2.24) is 10.6 Å². The highest BCUT2D eigenvalue weighted by Gasteiger charge is 2.26. The highest BCUT2D eigenvalue weighted by atomic mass is 19.1. The van der Waals surface area contributed by atoms with Gasteiger partial charge in [0.1, 0.15) is 17.4 Å². The minimum absolute atomic E-state index is 0.0979. The fourth-order valence-corrected chi connectivity index (χ4v) is 5.48. The number of nitrogens with two attached hydrogens (primary N) is 1. The van der Waals surface area contributed by atoms with Crippen molar-refractivity contribution >= 4 is 5.91 Å². The SMILES string of the molecule is CC(=O)N[C@@H](Cc1cc(F)cc(F)c1)[C@H](N)CN[C@H]1CCOc2ccc(CC3CCCCC3)cc21. The molecule has 2 aromatic rings. The zero-order valence-corrected chi connectivity index (χ0v) is 20.5. The van der Waals surface area contributed by atoms with Gasteiger partial charge in [0.2, 0.25) is 5.91 Å². The Kier molecular flexibility index (Phi) is 8.74. The van der Waals surface area contributed by atoms with Crippen LogP contribution in [0.25, 0.3) is 0 Å². The Hall–Kier alpha value is -2.51. The van der Waals surface area contributed by atoms with E-state index in [-0.39, 0.29) is 18.4 Å². The van der Waals surface area contributed by atoms with Crippen molar-refractivity contribution in [3.63, 3.8) is 0 Å². The lowest BCUT2D eigenvalue weighted by molar-refractivity contribution is -0.119. The molecule has 2 aromatic carbocycles. The van der Waals surface area contributed by atoms with Crippen LogP contribution in [0.2, 0.25) is 0 Å². The zero-order chi connectivity index (χ0) is 24.8. The highest BCUT2D eigenvalue weighted by molar-refractivity contribution is 5.73. The van der Waals surface area contributed by atoms with Crippen LogP contribution < -0.4 is 21.1 Å². The molecule has 3 atom stereocenters. The van der Waals surface area contributed by atoms with Gasteiger partial charge in [0.25, 0.3) is 0 Å². The topological polar surface area (TPSA) is 76.4 Å². The van der Waals surface area contributed by atoms with Crippen LogP contribution in [0.5, 0.6) is 5.75 Å².